The van der Waals surface area contributed by atoms with Crippen LogP contribution in [0.4, 0.5) is 0 Å². The second-order valence-corrected chi connectivity index (χ2v) is 11.3. The summed E-state index contributed by atoms with van der Waals surface area (Å²) in [5, 5.41) is 0. The summed E-state index contributed by atoms with van der Waals surface area (Å²) in [6.07, 6.45) is 20.5. The van der Waals surface area contributed by atoms with Crippen LogP contribution in [0.3, 0.4) is 0 Å². The fourth-order valence-electron chi connectivity index (χ4n) is 6.42. The number of aliphatic imine (C=N–C) groups is 1. The van der Waals surface area contributed by atoms with E-state index >= 15 is 0 Å². The Morgan fingerprint density at radius 2 is 1.65 bits per heavy atom. The Labute approximate surface area is 208 Å². The monoisotopic (exact) mass is 463 g/mol. The van der Waals surface area contributed by atoms with Crippen LogP contribution in [0, 0.1) is 5.92 Å². The van der Waals surface area contributed by atoms with Crippen LogP contribution in [-0.2, 0) is 5.41 Å². The summed E-state index contributed by atoms with van der Waals surface area (Å²) >= 11 is 1.94. The standard InChI is InChI=1S/C32H33NS/c1-32(25-12-6-3-7-13-25)29-15-9-8-14-27(29)31(28-20-21-33-22-30(28)32)34-26-18-16-24(17-19-26)23-10-4-2-5-11-23/h3,6-7,12-23,30H,2,4-5,8-11H2,1H3. The van der Waals surface area contributed by atoms with Crippen LogP contribution in [0.5, 0.6) is 0 Å². The molecule has 0 aromatic heterocycles. The zero-order valence-corrected chi connectivity index (χ0v) is 20.9. The molecule has 172 valence electrons. The summed E-state index contributed by atoms with van der Waals surface area (Å²) in [7, 11) is 0. The molecule has 0 spiro atoms. The van der Waals surface area contributed by atoms with Crippen molar-refractivity contribution < 1.29 is 0 Å². The third kappa shape index (κ3) is 3.77. The predicted molar refractivity (Wildman–Crippen MR) is 145 cm³/mol. The zero-order chi connectivity index (χ0) is 23.0. The molecule has 4 aliphatic rings. The molecule has 1 nitrogen and oxygen atoms in total. The van der Waals surface area contributed by atoms with E-state index in [0.29, 0.717) is 0 Å². The quantitative estimate of drug-likeness (QED) is 0.441. The molecule has 0 radical (unpaired) electrons. The highest BCUT2D eigenvalue weighted by Gasteiger charge is 2.47. The van der Waals surface area contributed by atoms with Crippen LogP contribution < -0.4 is 0 Å². The lowest BCUT2D eigenvalue weighted by atomic mass is 9.58. The fourth-order valence-corrected chi connectivity index (χ4v) is 7.54. The molecule has 1 saturated carbocycles. The maximum Gasteiger partial charge on any atom is 0.0340 e. The third-order valence-electron chi connectivity index (χ3n) is 8.30. The van der Waals surface area contributed by atoms with E-state index in [9.17, 15) is 0 Å². The van der Waals surface area contributed by atoms with Crippen molar-refractivity contribution in [2.45, 2.75) is 68.1 Å². The molecule has 2 aromatic rings. The van der Waals surface area contributed by atoms with Crippen LogP contribution in [0.1, 0.15) is 68.9 Å². The third-order valence-corrected chi connectivity index (χ3v) is 9.47. The molecule has 1 aliphatic heterocycles. The van der Waals surface area contributed by atoms with Gasteiger partial charge in [0.15, 0.2) is 0 Å². The fraction of sp³-hybridized carbons (Fsp3) is 0.344. The highest BCUT2D eigenvalue weighted by atomic mass is 32.2. The first-order valence-electron chi connectivity index (χ1n) is 12.9. The Balaban J connectivity index is 1.40. The van der Waals surface area contributed by atoms with Crippen molar-refractivity contribution in [1.82, 2.24) is 0 Å². The van der Waals surface area contributed by atoms with Gasteiger partial charge in [-0.1, -0.05) is 92.6 Å². The number of thioether (sulfide) groups is 1. The van der Waals surface area contributed by atoms with Gasteiger partial charge in [-0.15, -0.1) is 0 Å². The largest absolute Gasteiger partial charge is 0.268 e. The van der Waals surface area contributed by atoms with Gasteiger partial charge >= 0.3 is 0 Å². The van der Waals surface area contributed by atoms with E-state index in [1.165, 1.54) is 69.8 Å². The minimum atomic E-state index is -0.105. The Hall–Kier alpha value is -2.58. The predicted octanol–water partition coefficient (Wildman–Crippen LogP) is 8.91. The molecule has 2 aromatic carbocycles. The average Bonchev–Trinajstić information content (AvgIpc) is 2.92. The lowest BCUT2D eigenvalue weighted by molar-refractivity contribution is 0.443. The minimum Gasteiger partial charge on any atom is -0.268 e. The summed E-state index contributed by atoms with van der Waals surface area (Å²) < 4.78 is 0. The van der Waals surface area contributed by atoms with Crippen LogP contribution in [0.2, 0.25) is 0 Å². The number of fused-ring (bicyclic) bond motifs is 2. The molecule has 34 heavy (non-hydrogen) atoms. The number of nitrogens with zero attached hydrogens (tertiary/aromatic N) is 1. The Bertz CT molecular complexity index is 1210. The van der Waals surface area contributed by atoms with Gasteiger partial charge in [-0.3, -0.25) is 4.99 Å². The van der Waals surface area contributed by atoms with Crippen LogP contribution in [0.25, 0.3) is 0 Å². The summed E-state index contributed by atoms with van der Waals surface area (Å²) in [5.74, 6) is 0.999. The van der Waals surface area contributed by atoms with E-state index in [-0.39, 0.29) is 11.3 Å². The second-order valence-electron chi connectivity index (χ2n) is 10.3. The normalized spacial score (nSPS) is 26.6. The van der Waals surface area contributed by atoms with Gasteiger partial charge in [0.2, 0.25) is 0 Å². The molecule has 2 unspecified atom stereocenters. The van der Waals surface area contributed by atoms with Gasteiger partial charge < -0.3 is 0 Å². The van der Waals surface area contributed by atoms with Crippen molar-refractivity contribution in [3.63, 3.8) is 0 Å². The number of allylic oxidation sites excluding steroid dienone is 6. The Morgan fingerprint density at radius 1 is 0.882 bits per heavy atom. The number of rotatable bonds is 4. The van der Waals surface area contributed by atoms with Crippen molar-refractivity contribution in [3.05, 3.63) is 112 Å². The molecular weight excluding hydrogens is 430 g/mol. The average molecular weight is 464 g/mol. The highest BCUT2D eigenvalue weighted by molar-refractivity contribution is 8.03. The first-order valence-corrected chi connectivity index (χ1v) is 13.8. The van der Waals surface area contributed by atoms with E-state index in [1.54, 1.807) is 0 Å². The zero-order valence-electron chi connectivity index (χ0n) is 20.0. The topological polar surface area (TPSA) is 12.4 Å². The molecule has 2 atom stereocenters. The number of hydrogen-bond acceptors (Lipinski definition) is 2. The van der Waals surface area contributed by atoms with Crippen molar-refractivity contribution in [2.75, 3.05) is 0 Å². The van der Waals surface area contributed by atoms with Gasteiger partial charge in [0, 0.05) is 33.5 Å². The lowest BCUT2D eigenvalue weighted by Crippen LogP contribution is -2.41. The van der Waals surface area contributed by atoms with Gasteiger partial charge in [-0.05, 0) is 77.7 Å². The van der Waals surface area contributed by atoms with Gasteiger partial charge in [0.1, 0.15) is 0 Å². The first-order chi connectivity index (χ1) is 16.7. The van der Waals surface area contributed by atoms with E-state index in [2.05, 4.69) is 91.0 Å². The molecule has 0 bridgehead atoms. The van der Waals surface area contributed by atoms with Gasteiger partial charge in [-0.2, -0.15) is 0 Å². The summed E-state index contributed by atoms with van der Waals surface area (Å²) in [4.78, 5) is 7.38. The van der Waals surface area contributed by atoms with E-state index in [1.807, 2.05) is 18.0 Å². The highest BCUT2D eigenvalue weighted by Crippen LogP contribution is 2.56. The van der Waals surface area contributed by atoms with E-state index in [0.717, 1.165) is 18.8 Å². The smallest absolute Gasteiger partial charge is 0.0340 e. The first kappa shape index (κ1) is 21.9. The Kier molecular flexibility index (Phi) is 5.95. The van der Waals surface area contributed by atoms with Crippen molar-refractivity contribution >= 4 is 18.0 Å². The SMILES string of the molecule is CC1(c2ccccc2)C2=CCCC=C2C(Sc2ccc(C3CCCCC3)cc2)=C2C=CN=CC21. The molecule has 0 N–H and O–H groups in total. The molecule has 0 saturated heterocycles. The van der Waals surface area contributed by atoms with E-state index < -0.39 is 0 Å². The Morgan fingerprint density at radius 3 is 2.44 bits per heavy atom. The second kappa shape index (κ2) is 9.23. The van der Waals surface area contributed by atoms with Gasteiger partial charge in [0.25, 0.3) is 0 Å². The maximum atomic E-state index is 4.63. The summed E-state index contributed by atoms with van der Waals surface area (Å²) in [6, 6.07) is 20.5. The molecule has 6 rings (SSSR count). The molecule has 0 amide bonds. The molecular formula is C32H33NS. The molecule has 1 fully saturated rings. The van der Waals surface area contributed by atoms with E-state index in [4.69, 9.17) is 0 Å². The molecule has 2 heteroatoms. The number of benzene rings is 2. The summed E-state index contributed by atoms with van der Waals surface area (Å²) in [6.45, 7) is 2.42. The molecule has 3 aliphatic carbocycles. The minimum absolute atomic E-state index is 0.105. The van der Waals surface area contributed by atoms with Crippen molar-refractivity contribution in [3.8, 4) is 0 Å². The van der Waals surface area contributed by atoms with Gasteiger partial charge in [0.05, 0.1) is 0 Å². The number of hydrogen-bond donors (Lipinski definition) is 0. The van der Waals surface area contributed by atoms with Crippen LogP contribution >= 0.6 is 11.8 Å². The van der Waals surface area contributed by atoms with Gasteiger partial charge in [-0.25, -0.2) is 0 Å². The van der Waals surface area contributed by atoms with Crippen LogP contribution in [0.15, 0.2) is 111 Å². The van der Waals surface area contributed by atoms with Crippen molar-refractivity contribution in [2.24, 2.45) is 10.9 Å². The summed E-state index contributed by atoms with van der Waals surface area (Å²) in [5.41, 5.74) is 7.12. The van der Waals surface area contributed by atoms with Crippen LogP contribution in [-0.4, -0.2) is 6.21 Å². The maximum absolute atomic E-state index is 4.63. The van der Waals surface area contributed by atoms with Crippen molar-refractivity contribution in [1.29, 1.82) is 0 Å². The molecule has 1 heterocycles. The lowest BCUT2D eigenvalue weighted by Gasteiger charge is -2.46.